The number of hydrogen-bond donors (Lipinski definition) is 2. The smallest absolute Gasteiger partial charge is 0.313 e. The first-order valence-electron chi connectivity index (χ1n) is 5.87. The van der Waals surface area contributed by atoms with E-state index in [1.54, 1.807) is 17.0 Å². The fourth-order valence-corrected chi connectivity index (χ4v) is 1.75. The van der Waals surface area contributed by atoms with Gasteiger partial charge in [-0.2, -0.15) is 0 Å². The second-order valence-corrected chi connectivity index (χ2v) is 3.98. The molecule has 0 atom stereocenters. The molecule has 17 heavy (non-hydrogen) atoms. The number of aromatic nitrogens is 2. The Hall–Kier alpha value is -1.81. The first-order chi connectivity index (χ1) is 8.31. The van der Waals surface area contributed by atoms with Crippen molar-refractivity contribution in [2.24, 2.45) is 0 Å². The molecule has 0 aliphatic rings. The molecule has 0 saturated heterocycles. The Morgan fingerprint density at radius 3 is 3.00 bits per heavy atom. The van der Waals surface area contributed by atoms with E-state index >= 15 is 0 Å². The summed E-state index contributed by atoms with van der Waals surface area (Å²) >= 11 is 0. The van der Waals surface area contributed by atoms with Gasteiger partial charge in [-0.05, 0) is 30.7 Å². The van der Waals surface area contributed by atoms with Gasteiger partial charge in [0.2, 0.25) is 0 Å². The topological polar surface area (TPSA) is 49.8 Å². The van der Waals surface area contributed by atoms with Crippen molar-refractivity contribution in [1.29, 1.82) is 0 Å². The lowest BCUT2D eigenvalue weighted by molar-refractivity contribution is 0.675. The summed E-state index contributed by atoms with van der Waals surface area (Å²) in [5.41, 5.74) is 1.97. The Morgan fingerprint density at radius 2 is 2.29 bits per heavy atom. The molecule has 0 bridgehead atoms. The Balaban J connectivity index is 2.17. The normalized spacial score (nSPS) is 10.6. The molecule has 2 rings (SSSR count). The van der Waals surface area contributed by atoms with E-state index in [2.05, 4.69) is 23.3 Å². The van der Waals surface area contributed by atoms with Crippen molar-refractivity contribution in [1.82, 2.24) is 14.9 Å². The zero-order valence-electron chi connectivity index (χ0n) is 9.94. The van der Waals surface area contributed by atoms with Crippen LogP contribution in [-0.4, -0.2) is 16.1 Å². The molecule has 1 aromatic heterocycles. The van der Waals surface area contributed by atoms with E-state index in [-0.39, 0.29) is 5.69 Å². The number of rotatable bonds is 5. The highest BCUT2D eigenvalue weighted by Crippen LogP contribution is 2.08. The van der Waals surface area contributed by atoms with E-state index in [0.717, 1.165) is 25.2 Å². The molecule has 4 heteroatoms. The summed E-state index contributed by atoms with van der Waals surface area (Å²) in [4.78, 5) is 14.1. The van der Waals surface area contributed by atoms with Crippen LogP contribution >= 0.6 is 0 Å². The monoisotopic (exact) mass is 231 g/mol. The van der Waals surface area contributed by atoms with Gasteiger partial charge in [-0.25, -0.2) is 4.79 Å². The summed E-state index contributed by atoms with van der Waals surface area (Å²) in [7, 11) is 0. The maximum atomic E-state index is 11.5. The molecule has 0 spiro atoms. The summed E-state index contributed by atoms with van der Waals surface area (Å²) in [6, 6.07) is 7.98. The standard InChI is InChI=1S/C13H17N3O/c1-2-6-14-10-11-4-3-5-12(9-11)16-8-7-15-13(16)17/h3-5,7-9,14H,2,6,10H2,1H3,(H,15,17). The van der Waals surface area contributed by atoms with E-state index in [9.17, 15) is 4.79 Å². The molecule has 2 aromatic rings. The van der Waals surface area contributed by atoms with Crippen molar-refractivity contribution < 1.29 is 0 Å². The molecule has 0 radical (unpaired) electrons. The lowest BCUT2D eigenvalue weighted by Crippen LogP contribution is -2.16. The van der Waals surface area contributed by atoms with Gasteiger partial charge in [0.05, 0.1) is 5.69 Å². The van der Waals surface area contributed by atoms with Crippen molar-refractivity contribution in [2.75, 3.05) is 6.54 Å². The number of imidazole rings is 1. The Labute approximate surface area is 100 Å². The molecule has 2 N–H and O–H groups in total. The van der Waals surface area contributed by atoms with Crippen LogP contribution in [0.5, 0.6) is 0 Å². The van der Waals surface area contributed by atoms with Crippen molar-refractivity contribution in [2.45, 2.75) is 19.9 Å². The van der Waals surface area contributed by atoms with Gasteiger partial charge in [-0.3, -0.25) is 4.57 Å². The van der Waals surface area contributed by atoms with Gasteiger partial charge >= 0.3 is 5.69 Å². The molecular formula is C13H17N3O. The first-order valence-corrected chi connectivity index (χ1v) is 5.87. The summed E-state index contributed by atoms with van der Waals surface area (Å²) in [5.74, 6) is 0. The molecule has 0 unspecified atom stereocenters. The third-order valence-electron chi connectivity index (χ3n) is 2.59. The molecule has 1 aromatic carbocycles. The third kappa shape index (κ3) is 2.85. The largest absolute Gasteiger partial charge is 0.330 e. The van der Waals surface area contributed by atoms with Crippen LogP contribution in [0.25, 0.3) is 5.69 Å². The number of nitrogens with one attached hydrogen (secondary N) is 2. The van der Waals surface area contributed by atoms with Gasteiger partial charge in [-0.1, -0.05) is 19.1 Å². The van der Waals surface area contributed by atoms with Crippen LogP contribution in [0.3, 0.4) is 0 Å². The highest BCUT2D eigenvalue weighted by atomic mass is 16.1. The number of aromatic amines is 1. The quantitative estimate of drug-likeness (QED) is 0.769. The van der Waals surface area contributed by atoms with Crippen molar-refractivity contribution >= 4 is 0 Å². The molecule has 0 aliphatic carbocycles. The lowest BCUT2D eigenvalue weighted by atomic mass is 10.2. The SMILES string of the molecule is CCCNCc1cccc(-n2cc[nH]c2=O)c1. The summed E-state index contributed by atoms with van der Waals surface area (Å²) in [5, 5.41) is 3.34. The molecule has 0 fully saturated rings. The van der Waals surface area contributed by atoms with Crippen molar-refractivity contribution in [3.8, 4) is 5.69 Å². The van der Waals surface area contributed by atoms with Crippen LogP contribution < -0.4 is 11.0 Å². The predicted octanol–water partition coefficient (Wildman–Crippen LogP) is 1.67. The average molecular weight is 231 g/mol. The van der Waals surface area contributed by atoms with E-state index in [1.165, 1.54) is 5.56 Å². The highest BCUT2D eigenvalue weighted by molar-refractivity contribution is 5.35. The maximum Gasteiger partial charge on any atom is 0.330 e. The van der Waals surface area contributed by atoms with Gasteiger partial charge in [0.15, 0.2) is 0 Å². The number of benzene rings is 1. The fraction of sp³-hybridized carbons (Fsp3) is 0.308. The summed E-state index contributed by atoms with van der Waals surface area (Å²) in [6.07, 6.45) is 4.50. The molecule has 0 aliphatic heterocycles. The molecular weight excluding hydrogens is 214 g/mol. The van der Waals surface area contributed by atoms with Gasteiger partial charge < -0.3 is 10.3 Å². The Kier molecular flexibility index (Phi) is 3.77. The number of nitrogens with zero attached hydrogens (tertiary/aromatic N) is 1. The second-order valence-electron chi connectivity index (χ2n) is 3.98. The van der Waals surface area contributed by atoms with Gasteiger partial charge in [0, 0.05) is 18.9 Å². The van der Waals surface area contributed by atoms with Gasteiger partial charge in [-0.15, -0.1) is 0 Å². The maximum absolute atomic E-state index is 11.5. The van der Waals surface area contributed by atoms with E-state index in [4.69, 9.17) is 0 Å². The van der Waals surface area contributed by atoms with Crippen LogP contribution in [0.2, 0.25) is 0 Å². The predicted molar refractivity (Wildman–Crippen MR) is 68.4 cm³/mol. The third-order valence-corrected chi connectivity index (χ3v) is 2.59. The molecule has 1 heterocycles. The molecule has 90 valence electrons. The first kappa shape index (κ1) is 11.7. The zero-order valence-corrected chi connectivity index (χ0v) is 9.94. The van der Waals surface area contributed by atoms with Crippen molar-refractivity contribution in [3.05, 3.63) is 52.7 Å². The lowest BCUT2D eigenvalue weighted by Gasteiger charge is -2.06. The van der Waals surface area contributed by atoms with Crippen LogP contribution in [0.4, 0.5) is 0 Å². The van der Waals surface area contributed by atoms with E-state index in [0.29, 0.717) is 0 Å². The molecule has 0 amide bonds. The van der Waals surface area contributed by atoms with Crippen molar-refractivity contribution in [3.63, 3.8) is 0 Å². The number of hydrogen-bond acceptors (Lipinski definition) is 2. The second kappa shape index (κ2) is 5.50. The minimum Gasteiger partial charge on any atom is -0.313 e. The fourth-order valence-electron chi connectivity index (χ4n) is 1.75. The number of H-pyrrole nitrogens is 1. The van der Waals surface area contributed by atoms with Crippen LogP contribution in [0, 0.1) is 0 Å². The van der Waals surface area contributed by atoms with Gasteiger partial charge in [0.25, 0.3) is 0 Å². The van der Waals surface area contributed by atoms with Crippen LogP contribution in [-0.2, 0) is 6.54 Å². The minimum atomic E-state index is -0.108. The van der Waals surface area contributed by atoms with Gasteiger partial charge in [0.1, 0.15) is 0 Å². The highest BCUT2D eigenvalue weighted by Gasteiger charge is 2.00. The molecule has 4 nitrogen and oxygen atoms in total. The summed E-state index contributed by atoms with van der Waals surface area (Å²) in [6.45, 7) is 3.98. The van der Waals surface area contributed by atoms with Crippen LogP contribution in [0.1, 0.15) is 18.9 Å². The average Bonchev–Trinajstić information content (AvgIpc) is 2.76. The minimum absolute atomic E-state index is 0.108. The van der Waals surface area contributed by atoms with Crippen LogP contribution in [0.15, 0.2) is 41.5 Å². The van der Waals surface area contributed by atoms with E-state index in [1.807, 2.05) is 18.2 Å². The Bertz CT molecular complexity index is 527. The van der Waals surface area contributed by atoms with E-state index < -0.39 is 0 Å². The molecule has 0 saturated carbocycles. The Morgan fingerprint density at radius 1 is 1.41 bits per heavy atom. The summed E-state index contributed by atoms with van der Waals surface area (Å²) < 4.78 is 1.60. The zero-order chi connectivity index (χ0) is 12.1.